The number of H-pyrrole nitrogens is 1. The number of nitrogens with zero attached hydrogens (tertiary/aromatic N) is 1. The van der Waals surface area contributed by atoms with Gasteiger partial charge in [-0.15, -0.1) is 0 Å². The number of aromatic nitrogens is 2. The van der Waals surface area contributed by atoms with Crippen LogP contribution in [0.2, 0.25) is 0 Å². The standard InChI is InChI=1S/C18H17F3N4O3/c19-18(20,21)9-5-6-11-10(7-9)15(25-24-11)17(27)23-13-8-28-14-4-2-1-3-12(14)22-16(13)26/h1-4,9,13H,5-8H2,(H,22,26)(H,23,27)(H,24,25)/t9?,13-/m0/s1. The van der Waals surface area contributed by atoms with Crippen LogP contribution < -0.4 is 15.4 Å². The molecule has 148 valence electrons. The van der Waals surface area contributed by atoms with E-state index in [2.05, 4.69) is 20.8 Å². The van der Waals surface area contributed by atoms with E-state index in [0.29, 0.717) is 17.1 Å². The Hall–Kier alpha value is -3.04. The number of nitrogens with one attached hydrogen (secondary N) is 3. The minimum absolute atomic E-state index is 0.0448. The second kappa shape index (κ2) is 6.84. The lowest BCUT2D eigenvalue weighted by molar-refractivity contribution is -0.177. The molecule has 1 aliphatic carbocycles. The maximum absolute atomic E-state index is 13.1. The number of carbonyl (C=O) groups excluding carboxylic acids is 2. The van der Waals surface area contributed by atoms with Crippen LogP contribution >= 0.6 is 0 Å². The minimum Gasteiger partial charge on any atom is -0.489 e. The Morgan fingerprint density at radius 2 is 2.07 bits per heavy atom. The summed E-state index contributed by atoms with van der Waals surface area (Å²) in [4.78, 5) is 25.0. The molecule has 1 aromatic carbocycles. The number of fused-ring (bicyclic) bond motifs is 2. The van der Waals surface area contributed by atoms with Gasteiger partial charge in [0.05, 0.1) is 11.6 Å². The lowest BCUT2D eigenvalue weighted by Gasteiger charge is -2.24. The summed E-state index contributed by atoms with van der Waals surface area (Å²) in [7, 11) is 0. The van der Waals surface area contributed by atoms with Gasteiger partial charge in [0.1, 0.15) is 18.4 Å². The van der Waals surface area contributed by atoms with Crippen molar-refractivity contribution in [2.24, 2.45) is 5.92 Å². The van der Waals surface area contributed by atoms with Crippen LogP contribution in [-0.4, -0.2) is 40.8 Å². The lowest BCUT2D eigenvalue weighted by Crippen LogP contribution is -2.46. The Morgan fingerprint density at radius 1 is 1.29 bits per heavy atom. The molecule has 1 aromatic heterocycles. The van der Waals surface area contributed by atoms with Gasteiger partial charge in [0.25, 0.3) is 11.8 Å². The average Bonchev–Trinajstić information content (AvgIpc) is 3.01. The topological polar surface area (TPSA) is 96.1 Å². The third-order valence-corrected chi connectivity index (χ3v) is 5.00. The summed E-state index contributed by atoms with van der Waals surface area (Å²) in [6.07, 6.45) is -4.51. The van der Waals surface area contributed by atoms with E-state index in [9.17, 15) is 22.8 Å². The molecule has 1 aliphatic heterocycles. The summed E-state index contributed by atoms with van der Waals surface area (Å²) in [5, 5.41) is 11.7. The zero-order chi connectivity index (χ0) is 19.9. The third kappa shape index (κ3) is 3.41. The fourth-order valence-electron chi connectivity index (χ4n) is 3.46. The number of ether oxygens (including phenoxy) is 1. The first-order chi connectivity index (χ1) is 13.3. The molecule has 28 heavy (non-hydrogen) atoms. The van der Waals surface area contributed by atoms with Gasteiger partial charge >= 0.3 is 6.18 Å². The van der Waals surface area contributed by atoms with Gasteiger partial charge in [-0.05, 0) is 31.4 Å². The summed E-state index contributed by atoms with van der Waals surface area (Å²) in [6, 6.07) is 5.82. The summed E-state index contributed by atoms with van der Waals surface area (Å²) in [5.41, 5.74) is 1.15. The molecular formula is C18H17F3N4O3. The first kappa shape index (κ1) is 18.3. The first-order valence-corrected chi connectivity index (χ1v) is 8.79. The monoisotopic (exact) mass is 394 g/mol. The molecule has 0 radical (unpaired) electrons. The SMILES string of the molecule is O=C(N[C@H]1COc2ccccc2NC1=O)c1n[nH]c2c1CC(C(F)(F)F)CC2. The van der Waals surface area contributed by atoms with Crippen LogP contribution in [0.1, 0.15) is 28.2 Å². The minimum atomic E-state index is -4.33. The van der Waals surface area contributed by atoms with E-state index in [1.807, 2.05) is 0 Å². The number of aromatic amines is 1. The zero-order valence-corrected chi connectivity index (χ0v) is 14.6. The van der Waals surface area contributed by atoms with Gasteiger partial charge in [-0.25, -0.2) is 0 Å². The lowest BCUT2D eigenvalue weighted by atomic mass is 9.86. The molecule has 0 bridgehead atoms. The number of anilines is 1. The Bertz CT molecular complexity index is 925. The van der Waals surface area contributed by atoms with E-state index in [1.54, 1.807) is 24.3 Å². The van der Waals surface area contributed by atoms with Crippen LogP contribution in [0.5, 0.6) is 5.75 Å². The van der Waals surface area contributed by atoms with E-state index < -0.39 is 30.0 Å². The fourth-order valence-corrected chi connectivity index (χ4v) is 3.46. The number of amides is 2. The van der Waals surface area contributed by atoms with Crippen molar-refractivity contribution in [2.45, 2.75) is 31.5 Å². The number of aryl methyl sites for hydroxylation is 1. The van der Waals surface area contributed by atoms with Crippen LogP contribution in [0, 0.1) is 5.92 Å². The van der Waals surface area contributed by atoms with Crippen molar-refractivity contribution in [3.8, 4) is 5.75 Å². The molecule has 7 nitrogen and oxygen atoms in total. The van der Waals surface area contributed by atoms with Crippen LogP contribution in [0.15, 0.2) is 24.3 Å². The van der Waals surface area contributed by atoms with Crippen LogP contribution in [0.3, 0.4) is 0 Å². The number of hydrogen-bond donors (Lipinski definition) is 3. The summed E-state index contributed by atoms with van der Waals surface area (Å²) in [6.45, 7) is -0.105. The molecular weight excluding hydrogens is 377 g/mol. The van der Waals surface area contributed by atoms with Crippen molar-refractivity contribution >= 4 is 17.5 Å². The van der Waals surface area contributed by atoms with Crippen molar-refractivity contribution < 1.29 is 27.5 Å². The Morgan fingerprint density at radius 3 is 2.86 bits per heavy atom. The highest BCUT2D eigenvalue weighted by Crippen LogP contribution is 2.37. The Labute approximate surface area is 157 Å². The Balaban J connectivity index is 1.50. The number of hydrogen-bond acceptors (Lipinski definition) is 4. The summed E-state index contributed by atoms with van der Waals surface area (Å²) < 4.78 is 44.8. The summed E-state index contributed by atoms with van der Waals surface area (Å²) in [5.74, 6) is -2.23. The van der Waals surface area contributed by atoms with Gasteiger partial charge in [-0.2, -0.15) is 18.3 Å². The predicted octanol–water partition coefficient (Wildman–Crippen LogP) is 2.21. The first-order valence-electron chi connectivity index (χ1n) is 8.79. The van der Waals surface area contributed by atoms with Gasteiger partial charge < -0.3 is 15.4 Å². The molecule has 2 atom stereocenters. The molecule has 2 amide bonds. The van der Waals surface area contributed by atoms with Crippen molar-refractivity contribution in [3.63, 3.8) is 0 Å². The smallest absolute Gasteiger partial charge is 0.392 e. The molecule has 2 aromatic rings. The molecule has 1 unspecified atom stereocenters. The van der Waals surface area contributed by atoms with Crippen LogP contribution in [0.4, 0.5) is 18.9 Å². The van der Waals surface area contributed by atoms with E-state index in [-0.39, 0.29) is 37.1 Å². The summed E-state index contributed by atoms with van der Waals surface area (Å²) >= 11 is 0. The number of rotatable bonds is 2. The number of alkyl halides is 3. The van der Waals surface area contributed by atoms with Crippen molar-refractivity contribution in [3.05, 3.63) is 41.2 Å². The van der Waals surface area contributed by atoms with E-state index >= 15 is 0 Å². The molecule has 0 saturated carbocycles. The molecule has 4 rings (SSSR count). The molecule has 10 heteroatoms. The number of carbonyl (C=O) groups is 2. The van der Waals surface area contributed by atoms with Gasteiger partial charge in [-0.3, -0.25) is 14.7 Å². The maximum atomic E-state index is 13.1. The second-order valence-corrected chi connectivity index (χ2v) is 6.83. The number of benzene rings is 1. The average molecular weight is 394 g/mol. The highest BCUT2D eigenvalue weighted by molar-refractivity contribution is 6.02. The van der Waals surface area contributed by atoms with Crippen molar-refractivity contribution in [2.75, 3.05) is 11.9 Å². The highest BCUT2D eigenvalue weighted by atomic mass is 19.4. The predicted molar refractivity (Wildman–Crippen MR) is 92.0 cm³/mol. The number of para-hydroxylation sites is 2. The second-order valence-electron chi connectivity index (χ2n) is 6.83. The molecule has 2 aliphatic rings. The number of halogens is 3. The molecule has 0 spiro atoms. The van der Waals surface area contributed by atoms with E-state index in [1.165, 1.54) is 0 Å². The van der Waals surface area contributed by atoms with E-state index in [4.69, 9.17) is 4.74 Å². The highest BCUT2D eigenvalue weighted by Gasteiger charge is 2.43. The largest absolute Gasteiger partial charge is 0.489 e. The quantitative estimate of drug-likeness (QED) is 0.728. The van der Waals surface area contributed by atoms with Crippen molar-refractivity contribution in [1.82, 2.24) is 15.5 Å². The molecule has 0 fully saturated rings. The van der Waals surface area contributed by atoms with Gasteiger partial charge in [0, 0.05) is 11.3 Å². The normalized spacial score (nSPS) is 21.6. The van der Waals surface area contributed by atoms with E-state index in [0.717, 1.165) is 0 Å². The molecule has 3 N–H and O–H groups in total. The van der Waals surface area contributed by atoms with Crippen molar-refractivity contribution in [1.29, 1.82) is 0 Å². The zero-order valence-electron chi connectivity index (χ0n) is 14.6. The van der Waals surface area contributed by atoms with Gasteiger partial charge in [0.2, 0.25) is 0 Å². The van der Waals surface area contributed by atoms with Gasteiger partial charge in [0.15, 0.2) is 5.69 Å². The van der Waals surface area contributed by atoms with Crippen LogP contribution in [-0.2, 0) is 17.6 Å². The van der Waals surface area contributed by atoms with Crippen LogP contribution in [0.25, 0.3) is 0 Å². The third-order valence-electron chi connectivity index (χ3n) is 5.00. The van der Waals surface area contributed by atoms with Gasteiger partial charge in [-0.1, -0.05) is 12.1 Å². The maximum Gasteiger partial charge on any atom is 0.392 e. The fraction of sp³-hybridized carbons (Fsp3) is 0.389. The Kier molecular flexibility index (Phi) is 4.48. The molecule has 0 saturated heterocycles. The molecule has 2 heterocycles.